The fourth-order valence-electron chi connectivity index (χ4n) is 1.99. The van der Waals surface area contributed by atoms with E-state index in [-0.39, 0.29) is 6.61 Å². The monoisotopic (exact) mass is 352 g/mol. The Morgan fingerprint density at radius 1 is 1.13 bits per heavy atom. The molecule has 2 rings (SSSR count). The fraction of sp³-hybridized carbons (Fsp3) is 0.235. The summed E-state index contributed by atoms with van der Waals surface area (Å²) >= 11 is 7.75. The molecule has 0 radical (unpaired) electrons. The quantitative estimate of drug-likeness (QED) is 0.568. The van der Waals surface area contributed by atoms with Gasteiger partial charge in [-0.2, -0.15) is 0 Å². The molecular formula is C17H17ClO4S. The van der Waals surface area contributed by atoms with Crippen LogP contribution in [0.5, 0.6) is 11.5 Å². The molecule has 0 amide bonds. The van der Waals surface area contributed by atoms with Crippen molar-refractivity contribution >= 4 is 29.3 Å². The van der Waals surface area contributed by atoms with Gasteiger partial charge in [0, 0.05) is 4.90 Å². The lowest BCUT2D eigenvalue weighted by molar-refractivity contribution is 0.0472. The highest BCUT2D eigenvalue weighted by atomic mass is 35.5. The van der Waals surface area contributed by atoms with E-state index >= 15 is 0 Å². The highest BCUT2D eigenvalue weighted by molar-refractivity contribution is 7.98. The molecule has 6 heteroatoms. The maximum atomic E-state index is 12.2. The molecule has 4 nitrogen and oxygen atoms in total. The zero-order valence-corrected chi connectivity index (χ0v) is 14.7. The van der Waals surface area contributed by atoms with Crippen LogP contribution in [0.2, 0.25) is 5.02 Å². The number of thioether (sulfide) groups is 1. The summed E-state index contributed by atoms with van der Waals surface area (Å²) < 4.78 is 15.6. The van der Waals surface area contributed by atoms with Crippen LogP contribution in [0.15, 0.2) is 41.3 Å². The molecule has 0 saturated carbocycles. The van der Waals surface area contributed by atoms with Crippen LogP contribution in [0, 0.1) is 0 Å². The van der Waals surface area contributed by atoms with Gasteiger partial charge in [-0.05, 0) is 36.1 Å². The minimum Gasteiger partial charge on any atom is -0.493 e. The second-order valence-corrected chi connectivity index (χ2v) is 5.90. The summed E-state index contributed by atoms with van der Waals surface area (Å²) in [5, 5.41) is 0.295. The van der Waals surface area contributed by atoms with E-state index in [0.29, 0.717) is 22.1 Å². The highest BCUT2D eigenvalue weighted by Gasteiger charge is 2.16. The van der Waals surface area contributed by atoms with E-state index in [4.69, 9.17) is 25.8 Å². The Bertz CT molecular complexity index is 686. The van der Waals surface area contributed by atoms with Gasteiger partial charge in [0.25, 0.3) is 0 Å². The first-order valence-electron chi connectivity index (χ1n) is 6.80. The van der Waals surface area contributed by atoms with Crippen molar-refractivity contribution in [3.63, 3.8) is 0 Å². The van der Waals surface area contributed by atoms with E-state index in [1.54, 1.807) is 17.8 Å². The summed E-state index contributed by atoms with van der Waals surface area (Å²) in [6.45, 7) is 0.194. The van der Waals surface area contributed by atoms with Crippen LogP contribution in [-0.4, -0.2) is 26.4 Å². The summed E-state index contributed by atoms with van der Waals surface area (Å²) in [4.78, 5) is 13.3. The van der Waals surface area contributed by atoms with Crippen molar-refractivity contribution in [1.82, 2.24) is 0 Å². The van der Waals surface area contributed by atoms with Crippen molar-refractivity contribution in [1.29, 1.82) is 0 Å². The van der Waals surface area contributed by atoms with E-state index in [1.165, 1.54) is 20.3 Å². The van der Waals surface area contributed by atoms with Crippen LogP contribution in [0.1, 0.15) is 15.9 Å². The van der Waals surface area contributed by atoms with Gasteiger partial charge in [0.1, 0.15) is 6.61 Å². The summed E-state index contributed by atoms with van der Waals surface area (Å²) in [5.74, 6) is 0.302. The van der Waals surface area contributed by atoms with E-state index in [9.17, 15) is 4.79 Å². The summed E-state index contributed by atoms with van der Waals surface area (Å²) in [7, 11) is 2.97. The minimum atomic E-state index is -0.471. The summed E-state index contributed by atoms with van der Waals surface area (Å²) in [5.41, 5.74) is 1.23. The Kier molecular flexibility index (Phi) is 6.19. The number of benzene rings is 2. The van der Waals surface area contributed by atoms with Crippen LogP contribution in [-0.2, 0) is 11.3 Å². The second kappa shape index (κ2) is 8.13. The number of ether oxygens (including phenoxy) is 3. The van der Waals surface area contributed by atoms with Gasteiger partial charge in [0.05, 0.1) is 24.8 Å². The number of rotatable bonds is 6. The Labute approximate surface area is 144 Å². The maximum Gasteiger partial charge on any atom is 0.338 e. The van der Waals surface area contributed by atoms with Crippen LogP contribution in [0.25, 0.3) is 0 Å². The molecule has 0 aromatic heterocycles. The van der Waals surface area contributed by atoms with E-state index in [1.807, 2.05) is 30.5 Å². The SMILES string of the molecule is COc1cc(C(=O)OCc2ccc(SC)cc2)cc(Cl)c1OC. The normalized spacial score (nSPS) is 10.3. The van der Waals surface area contributed by atoms with Crippen LogP contribution in [0.3, 0.4) is 0 Å². The van der Waals surface area contributed by atoms with Crippen molar-refractivity contribution in [3.8, 4) is 11.5 Å². The van der Waals surface area contributed by atoms with Gasteiger partial charge < -0.3 is 14.2 Å². The highest BCUT2D eigenvalue weighted by Crippen LogP contribution is 2.36. The topological polar surface area (TPSA) is 44.8 Å². The summed E-state index contributed by atoms with van der Waals surface area (Å²) in [6, 6.07) is 10.9. The van der Waals surface area contributed by atoms with Gasteiger partial charge >= 0.3 is 5.97 Å². The van der Waals surface area contributed by atoms with Crippen LogP contribution in [0.4, 0.5) is 0 Å². The lowest BCUT2D eigenvalue weighted by Crippen LogP contribution is -2.06. The van der Waals surface area contributed by atoms with Gasteiger partial charge in [-0.15, -0.1) is 11.8 Å². The first kappa shape index (κ1) is 17.5. The van der Waals surface area contributed by atoms with Gasteiger partial charge in [-0.25, -0.2) is 4.79 Å². The number of carbonyl (C=O) groups is 1. The van der Waals surface area contributed by atoms with E-state index in [2.05, 4.69) is 0 Å². The molecule has 0 N–H and O–H groups in total. The van der Waals surface area contributed by atoms with Crippen LogP contribution >= 0.6 is 23.4 Å². The van der Waals surface area contributed by atoms with Gasteiger partial charge in [-0.3, -0.25) is 0 Å². The molecule has 0 aliphatic carbocycles. The molecule has 23 heavy (non-hydrogen) atoms. The number of methoxy groups -OCH3 is 2. The molecule has 0 aliphatic rings. The molecule has 2 aromatic carbocycles. The van der Waals surface area contributed by atoms with Crippen molar-refractivity contribution in [2.75, 3.05) is 20.5 Å². The van der Waals surface area contributed by atoms with Crippen LogP contribution < -0.4 is 9.47 Å². The molecule has 0 aliphatic heterocycles. The molecule has 0 heterocycles. The maximum absolute atomic E-state index is 12.2. The van der Waals surface area contributed by atoms with E-state index in [0.717, 1.165) is 10.5 Å². The van der Waals surface area contributed by atoms with Gasteiger partial charge in [0.15, 0.2) is 11.5 Å². The Morgan fingerprint density at radius 3 is 2.39 bits per heavy atom. The first-order chi connectivity index (χ1) is 11.1. The van der Waals surface area contributed by atoms with Crippen molar-refractivity contribution in [3.05, 3.63) is 52.5 Å². The zero-order chi connectivity index (χ0) is 16.8. The smallest absolute Gasteiger partial charge is 0.338 e. The molecule has 0 spiro atoms. The van der Waals surface area contributed by atoms with Crippen molar-refractivity contribution in [2.45, 2.75) is 11.5 Å². The number of esters is 1. The number of hydrogen-bond acceptors (Lipinski definition) is 5. The minimum absolute atomic E-state index is 0.194. The number of halogens is 1. The molecular weight excluding hydrogens is 336 g/mol. The third-order valence-electron chi connectivity index (χ3n) is 3.20. The van der Waals surface area contributed by atoms with Crippen molar-refractivity contribution < 1.29 is 19.0 Å². The Morgan fingerprint density at radius 2 is 1.83 bits per heavy atom. The molecule has 2 aromatic rings. The van der Waals surface area contributed by atoms with Gasteiger partial charge in [-0.1, -0.05) is 23.7 Å². The van der Waals surface area contributed by atoms with Crippen molar-refractivity contribution in [2.24, 2.45) is 0 Å². The lowest BCUT2D eigenvalue weighted by atomic mass is 10.2. The van der Waals surface area contributed by atoms with Gasteiger partial charge in [0.2, 0.25) is 0 Å². The second-order valence-electron chi connectivity index (χ2n) is 4.62. The number of hydrogen-bond donors (Lipinski definition) is 0. The number of carbonyl (C=O) groups excluding carboxylic acids is 1. The predicted octanol–water partition coefficient (Wildman–Crippen LogP) is 4.44. The largest absolute Gasteiger partial charge is 0.493 e. The summed E-state index contributed by atoms with van der Waals surface area (Å²) in [6.07, 6.45) is 2.01. The third kappa shape index (κ3) is 4.33. The third-order valence-corrected chi connectivity index (χ3v) is 4.22. The average Bonchev–Trinajstić information content (AvgIpc) is 2.59. The Balaban J connectivity index is 2.09. The Hall–Kier alpha value is -1.85. The molecule has 0 atom stereocenters. The fourth-order valence-corrected chi connectivity index (χ4v) is 2.69. The molecule has 122 valence electrons. The predicted molar refractivity (Wildman–Crippen MR) is 91.9 cm³/mol. The molecule has 0 bridgehead atoms. The molecule has 0 unspecified atom stereocenters. The molecule has 0 fully saturated rings. The first-order valence-corrected chi connectivity index (χ1v) is 8.41. The standard InChI is InChI=1S/C17H17ClO4S/c1-20-15-9-12(8-14(18)16(15)21-2)17(19)22-10-11-4-6-13(23-3)7-5-11/h4-9H,10H2,1-3H3. The zero-order valence-electron chi connectivity index (χ0n) is 13.1. The molecule has 0 saturated heterocycles. The van der Waals surface area contributed by atoms with E-state index < -0.39 is 5.97 Å². The lowest BCUT2D eigenvalue weighted by Gasteiger charge is -2.11. The average molecular weight is 353 g/mol.